The van der Waals surface area contributed by atoms with Gasteiger partial charge in [-0.25, -0.2) is 4.98 Å². The molecule has 2 aromatic heterocycles. The molecular weight excluding hydrogens is 362 g/mol. The molecule has 9 heteroatoms. The van der Waals surface area contributed by atoms with Crippen molar-refractivity contribution < 1.29 is 4.79 Å². The van der Waals surface area contributed by atoms with Crippen molar-refractivity contribution in [2.24, 2.45) is 0 Å². The Morgan fingerprint density at radius 2 is 2.12 bits per heavy atom. The van der Waals surface area contributed by atoms with Gasteiger partial charge in [-0.15, -0.1) is 21.5 Å². The topological polar surface area (TPSA) is 71.0 Å². The van der Waals surface area contributed by atoms with Gasteiger partial charge in [0.25, 0.3) is 0 Å². The van der Waals surface area contributed by atoms with Crippen LogP contribution in [0, 0.1) is 0 Å². The van der Waals surface area contributed by atoms with E-state index in [9.17, 15) is 4.79 Å². The summed E-state index contributed by atoms with van der Waals surface area (Å²) in [6.45, 7) is 3.34. The van der Waals surface area contributed by atoms with Gasteiger partial charge in [-0.05, 0) is 19.1 Å². The molecule has 0 aliphatic carbocycles. The number of thioether (sulfide) groups is 1. The Morgan fingerprint density at radius 3 is 2.92 bits per heavy atom. The summed E-state index contributed by atoms with van der Waals surface area (Å²) in [5.41, 5.74) is 0.984. The predicted molar refractivity (Wildman–Crippen MR) is 101 cm³/mol. The van der Waals surface area contributed by atoms with E-state index in [4.69, 9.17) is 0 Å². The van der Waals surface area contributed by atoms with Crippen molar-refractivity contribution in [2.45, 2.75) is 17.8 Å². The number of benzene rings is 1. The fourth-order valence-corrected chi connectivity index (χ4v) is 4.78. The molecule has 1 N–H and O–H groups in total. The zero-order valence-corrected chi connectivity index (χ0v) is 15.8. The van der Waals surface area contributed by atoms with Crippen LogP contribution in [0.15, 0.2) is 28.6 Å². The maximum atomic E-state index is 12.3. The minimum atomic E-state index is 0.0551. The summed E-state index contributed by atoms with van der Waals surface area (Å²) >= 11 is 4.51. The molecule has 0 atom stereocenters. The molecule has 2 heterocycles. The number of thiazole rings is 1. The van der Waals surface area contributed by atoms with Crippen molar-refractivity contribution in [3.05, 3.63) is 29.3 Å². The molecule has 3 aromatic rings. The first kappa shape index (κ1) is 17.1. The van der Waals surface area contributed by atoms with Crippen LogP contribution in [0.4, 0.5) is 5.13 Å². The lowest BCUT2D eigenvalue weighted by Crippen LogP contribution is -2.27. The molecule has 0 unspecified atom stereocenters. The van der Waals surface area contributed by atoms with Crippen LogP contribution in [0.2, 0.25) is 0 Å². The van der Waals surface area contributed by atoms with Crippen LogP contribution in [0.5, 0.6) is 0 Å². The number of hydrogen-bond acceptors (Lipinski definition) is 8. The summed E-state index contributed by atoms with van der Waals surface area (Å²) in [6.07, 6.45) is 0. The Bertz CT molecular complexity index is 798. The lowest BCUT2D eigenvalue weighted by molar-refractivity contribution is -0.127. The predicted octanol–water partition coefficient (Wildman–Crippen LogP) is 3.33. The molecule has 0 fully saturated rings. The van der Waals surface area contributed by atoms with E-state index < -0.39 is 0 Å². The van der Waals surface area contributed by atoms with Gasteiger partial charge in [0, 0.05) is 13.6 Å². The normalized spacial score (nSPS) is 10.9. The summed E-state index contributed by atoms with van der Waals surface area (Å²) in [7, 11) is 1.80. The number of amides is 1. The molecule has 0 radical (unpaired) electrons. The van der Waals surface area contributed by atoms with E-state index in [1.807, 2.05) is 31.2 Å². The van der Waals surface area contributed by atoms with Gasteiger partial charge in [0.1, 0.15) is 5.01 Å². The van der Waals surface area contributed by atoms with Crippen molar-refractivity contribution in [3.8, 4) is 0 Å². The van der Waals surface area contributed by atoms with Gasteiger partial charge in [0.2, 0.25) is 11.0 Å². The molecular formula is C15H17N5OS3. The Labute approximate surface area is 152 Å². The number of anilines is 1. The molecule has 0 saturated carbocycles. The molecule has 3 rings (SSSR count). The van der Waals surface area contributed by atoms with Crippen molar-refractivity contribution in [3.63, 3.8) is 0 Å². The largest absolute Gasteiger partial charge is 0.360 e. The minimum Gasteiger partial charge on any atom is -0.360 e. The zero-order chi connectivity index (χ0) is 16.9. The third-order valence-electron chi connectivity index (χ3n) is 3.19. The number of hydrogen-bond donors (Lipinski definition) is 1. The summed E-state index contributed by atoms with van der Waals surface area (Å²) in [5.74, 6) is 0.404. The lowest BCUT2D eigenvalue weighted by atomic mass is 10.3. The maximum Gasteiger partial charge on any atom is 0.233 e. The van der Waals surface area contributed by atoms with Gasteiger partial charge in [0.15, 0.2) is 4.34 Å². The highest BCUT2D eigenvalue weighted by Crippen LogP contribution is 2.26. The molecule has 1 amide bonds. The second-order valence-electron chi connectivity index (χ2n) is 5.02. The Kier molecular flexibility index (Phi) is 5.64. The number of rotatable bonds is 7. The highest BCUT2D eigenvalue weighted by Gasteiger charge is 2.14. The van der Waals surface area contributed by atoms with Crippen LogP contribution in [-0.4, -0.2) is 45.3 Å². The molecule has 6 nitrogen and oxygen atoms in total. The van der Waals surface area contributed by atoms with Crippen LogP contribution >= 0.6 is 34.4 Å². The molecule has 24 heavy (non-hydrogen) atoms. The number of aromatic nitrogens is 3. The van der Waals surface area contributed by atoms with Crippen molar-refractivity contribution in [1.29, 1.82) is 0 Å². The van der Waals surface area contributed by atoms with E-state index in [2.05, 4.69) is 20.5 Å². The molecule has 0 aliphatic rings. The second-order valence-corrected chi connectivity index (χ2v) is 8.33. The lowest BCUT2D eigenvalue weighted by Gasteiger charge is -2.14. The number of nitrogens with zero attached hydrogens (tertiary/aromatic N) is 4. The number of para-hydroxylation sites is 1. The first-order chi connectivity index (χ1) is 11.7. The molecule has 0 saturated heterocycles. The van der Waals surface area contributed by atoms with E-state index in [0.29, 0.717) is 12.3 Å². The molecule has 0 aliphatic heterocycles. The Balaban J connectivity index is 1.54. The van der Waals surface area contributed by atoms with E-state index in [1.54, 1.807) is 23.3 Å². The van der Waals surface area contributed by atoms with Crippen LogP contribution in [0.3, 0.4) is 0 Å². The van der Waals surface area contributed by atoms with Crippen LogP contribution < -0.4 is 5.32 Å². The second kappa shape index (κ2) is 7.91. The van der Waals surface area contributed by atoms with Gasteiger partial charge < -0.3 is 10.2 Å². The zero-order valence-electron chi connectivity index (χ0n) is 13.4. The van der Waals surface area contributed by atoms with Gasteiger partial charge in [0.05, 0.1) is 22.5 Å². The smallest absolute Gasteiger partial charge is 0.233 e. The Morgan fingerprint density at radius 1 is 1.29 bits per heavy atom. The van der Waals surface area contributed by atoms with E-state index >= 15 is 0 Å². The Hall–Kier alpha value is -1.71. The molecule has 1 aromatic carbocycles. The first-order valence-corrected chi connectivity index (χ1v) is 10.1. The monoisotopic (exact) mass is 379 g/mol. The van der Waals surface area contributed by atoms with Crippen LogP contribution in [0.25, 0.3) is 10.2 Å². The van der Waals surface area contributed by atoms with Gasteiger partial charge >= 0.3 is 0 Å². The van der Waals surface area contributed by atoms with Gasteiger partial charge in [-0.1, -0.05) is 35.2 Å². The molecule has 126 valence electrons. The van der Waals surface area contributed by atoms with E-state index in [-0.39, 0.29) is 5.91 Å². The fourth-order valence-electron chi connectivity index (χ4n) is 2.00. The van der Waals surface area contributed by atoms with E-state index in [1.165, 1.54) is 23.1 Å². The van der Waals surface area contributed by atoms with Crippen molar-refractivity contribution in [1.82, 2.24) is 20.1 Å². The van der Waals surface area contributed by atoms with Crippen LogP contribution in [-0.2, 0) is 11.3 Å². The molecule has 0 spiro atoms. The first-order valence-electron chi connectivity index (χ1n) is 7.44. The van der Waals surface area contributed by atoms with Crippen molar-refractivity contribution >= 4 is 55.7 Å². The van der Waals surface area contributed by atoms with Gasteiger partial charge in [-0.3, -0.25) is 4.79 Å². The number of carbonyl (C=O) groups excluding carboxylic acids is 1. The molecule has 0 bridgehead atoms. The quantitative estimate of drug-likeness (QED) is 0.635. The summed E-state index contributed by atoms with van der Waals surface area (Å²) in [5, 5.41) is 12.9. The number of nitrogens with one attached hydrogen (secondary N) is 1. The van der Waals surface area contributed by atoms with E-state index in [0.717, 1.165) is 31.2 Å². The SMILES string of the molecule is CCNc1nnc(SCC(=O)N(C)Cc2nc3ccccc3s2)s1. The number of carbonyl (C=O) groups is 1. The van der Waals surface area contributed by atoms with Gasteiger partial charge in [-0.2, -0.15) is 0 Å². The summed E-state index contributed by atoms with van der Waals surface area (Å²) in [6, 6.07) is 8.01. The third-order valence-corrected chi connectivity index (χ3v) is 6.21. The number of fused-ring (bicyclic) bond motifs is 1. The maximum absolute atomic E-state index is 12.3. The average Bonchev–Trinajstić information content (AvgIpc) is 3.18. The fraction of sp³-hybridized carbons (Fsp3) is 0.333. The van der Waals surface area contributed by atoms with Crippen LogP contribution in [0.1, 0.15) is 11.9 Å². The summed E-state index contributed by atoms with van der Waals surface area (Å²) < 4.78 is 1.94. The average molecular weight is 380 g/mol. The van der Waals surface area contributed by atoms with Crippen molar-refractivity contribution in [2.75, 3.05) is 24.7 Å². The standard InChI is InChI=1S/C15H17N5OS3/c1-3-16-14-18-19-15(24-14)22-9-13(21)20(2)8-12-17-10-6-4-5-7-11(10)23-12/h4-7H,3,8-9H2,1-2H3,(H,16,18). The highest BCUT2D eigenvalue weighted by molar-refractivity contribution is 8.01. The third kappa shape index (κ3) is 4.22. The highest BCUT2D eigenvalue weighted by atomic mass is 32.2. The summed E-state index contributed by atoms with van der Waals surface area (Å²) in [4.78, 5) is 18.6. The minimum absolute atomic E-state index is 0.0551.